The molecule has 2 amide bonds. The van der Waals surface area contributed by atoms with Gasteiger partial charge in [-0.15, -0.1) is 0 Å². The molecule has 4 rings (SSSR count). The largest absolute Gasteiger partial charge is 0.332 e. The van der Waals surface area contributed by atoms with Crippen LogP contribution in [-0.4, -0.2) is 54.8 Å². The molecule has 0 N–H and O–H groups in total. The van der Waals surface area contributed by atoms with Crippen molar-refractivity contribution in [1.29, 1.82) is 0 Å². The second-order valence-electron chi connectivity index (χ2n) is 8.22. The number of nitrogens with zero attached hydrogens (tertiary/aromatic N) is 3. The molecule has 1 fully saturated rings. The summed E-state index contributed by atoms with van der Waals surface area (Å²) in [6.07, 6.45) is 3.31. The summed E-state index contributed by atoms with van der Waals surface area (Å²) in [5, 5.41) is 0. The van der Waals surface area contributed by atoms with Gasteiger partial charge in [-0.25, -0.2) is 0 Å². The summed E-state index contributed by atoms with van der Waals surface area (Å²) < 4.78 is 0. The van der Waals surface area contributed by atoms with Crippen LogP contribution in [0, 0.1) is 5.92 Å². The molecule has 0 bridgehead atoms. The van der Waals surface area contributed by atoms with Crippen LogP contribution in [0.1, 0.15) is 35.2 Å². The number of hydrogen-bond acceptors (Lipinski definition) is 3. The topological polar surface area (TPSA) is 43.9 Å². The molecule has 0 aromatic heterocycles. The number of carbonyl (C=O) groups is 2. The fourth-order valence-corrected chi connectivity index (χ4v) is 4.42. The number of likely N-dealkylation sites (N-methyl/N-ethyl adjacent to an activating group) is 1. The molecule has 0 unspecified atom stereocenters. The molecular formula is C24H29N3O2. The van der Waals surface area contributed by atoms with E-state index < -0.39 is 0 Å². The molecule has 0 spiro atoms. The minimum atomic E-state index is -0.0781. The maximum absolute atomic E-state index is 12.8. The van der Waals surface area contributed by atoms with Crippen molar-refractivity contribution in [3.63, 3.8) is 0 Å². The number of amides is 2. The molecular weight excluding hydrogens is 362 g/mol. The van der Waals surface area contributed by atoms with Gasteiger partial charge in [0.15, 0.2) is 0 Å². The summed E-state index contributed by atoms with van der Waals surface area (Å²) in [5.41, 5.74) is 2.75. The predicted molar refractivity (Wildman–Crippen MR) is 115 cm³/mol. The fraction of sp³-hybridized carbons (Fsp3) is 0.417. The smallest absolute Gasteiger partial charge is 0.256 e. The Morgan fingerprint density at radius 3 is 2.38 bits per heavy atom. The van der Waals surface area contributed by atoms with E-state index in [0.717, 1.165) is 44.6 Å². The Labute approximate surface area is 172 Å². The van der Waals surface area contributed by atoms with E-state index in [1.807, 2.05) is 29.2 Å². The van der Waals surface area contributed by atoms with Gasteiger partial charge in [0.05, 0.1) is 11.3 Å². The van der Waals surface area contributed by atoms with Crippen molar-refractivity contribution in [2.75, 3.05) is 38.1 Å². The molecule has 0 saturated carbocycles. The van der Waals surface area contributed by atoms with E-state index in [4.69, 9.17) is 0 Å². The number of anilines is 1. The monoisotopic (exact) mass is 391 g/mol. The molecule has 152 valence electrons. The zero-order chi connectivity index (χ0) is 20.2. The van der Waals surface area contributed by atoms with Crippen LogP contribution in [0.2, 0.25) is 0 Å². The van der Waals surface area contributed by atoms with Crippen LogP contribution in [0.15, 0.2) is 54.6 Å². The molecule has 2 aliphatic rings. The number of benzene rings is 2. The van der Waals surface area contributed by atoms with Gasteiger partial charge in [-0.1, -0.05) is 42.5 Å². The minimum absolute atomic E-state index is 0.00677. The summed E-state index contributed by atoms with van der Waals surface area (Å²) in [6, 6.07) is 18.1. The van der Waals surface area contributed by atoms with Crippen LogP contribution < -0.4 is 4.90 Å². The highest BCUT2D eigenvalue weighted by Gasteiger charge is 2.30. The van der Waals surface area contributed by atoms with Gasteiger partial charge in [-0.05, 0) is 56.0 Å². The van der Waals surface area contributed by atoms with Crippen molar-refractivity contribution in [3.05, 3.63) is 65.7 Å². The molecule has 5 nitrogen and oxygen atoms in total. The minimum Gasteiger partial charge on any atom is -0.332 e. The maximum Gasteiger partial charge on any atom is 0.256 e. The summed E-state index contributed by atoms with van der Waals surface area (Å²) in [7, 11) is 1.70. The Morgan fingerprint density at radius 1 is 0.931 bits per heavy atom. The van der Waals surface area contributed by atoms with Crippen LogP contribution in [0.25, 0.3) is 0 Å². The second kappa shape index (κ2) is 8.78. The van der Waals surface area contributed by atoms with Crippen LogP contribution in [0.3, 0.4) is 0 Å². The summed E-state index contributed by atoms with van der Waals surface area (Å²) >= 11 is 0. The number of rotatable bonds is 5. The van der Waals surface area contributed by atoms with E-state index in [-0.39, 0.29) is 18.4 Å². The van der Waals surface area contributed by atoms with E-state index in [1.54, 1.807) is 7.05 Å². The third-order valence-corrected chi connectivity index (χ3v) is 6.16. The molecule has 2 heterocycles. The van der Waals surface area contributed by atoms with Crippen molar-refractivity contribution in [2.24, 2.45) is 5.92 Å². The molecule has 0 aliphatic carbocycles. The van der Waals surface area contributed by atoms with Crippen molar-refractivity contribution in [3.8, 4) is 0 Å². The van der Waals surface area contributed by atoms with Crippen molar-refractivity contribution in [2.45, 2.75) is 25.8 Å². The average molecular weight is 392 g/mol. The van der Waals surface area contributed by atoms with E-state index >= 15 is 0 Å². The zero-order valence-corrected chi connectivity index (χ0v) is 17.1. The van der Waals surface area contributed by atoms with Gasteiger partial charge in [-0.2, -0.15) is 0 Å². The Morgan fingerprint density at radius 2 is 1.62 bits per heavy atom. The quantitative estimate of drug-likeness (QED) is 0.785. The normalized spacial score (nSPS) is 18.7. The number of piperidine rings is 1. The molecule has 0 radical (unpaired) electrons. The van der Waals surface area contributed by atoms with E-state index in [0.29, 0.717) is 18.0 Å². The first-order chi connectivity index (χ1) is 14.1. The van der Waals surface area contributed by atoms with Crippen LogP contribution in [-0.2, 0) is 11.3 Å². The summed E-state index contributed by atoms with van der Waals surface area (Å²) in [4.78, 5) is 31.2. The maximum atomic E-state index is 12.8. The zero-order valence-electron chi connectivity index (χ0n) is 17.1. The van der Waals surface area contributed by atoms with Gasteiger partial charge in [0.25, 0.3) is 5.91 Å². The van der Waals surface area contributed by atoms with Gasteiger partial charge in [-0.3, -0.25) is 14.5 Å². The second-order valence-corrected chi connectivity index (χ2v) is 8.22. The van der Waals surface area contributed by atoms with E-state index in [1.165, 1.54) is 10.5 Å². The molecule has 5 heteroatoms. The number of likely N-dealkylation sites (tertiary alicyclic amines) is 1. The lowest BCUT2D eigenvalue weighted by Gasteiger charge is -2.33. The van der Waals surface area contributed by atoms with Crippen LogP contribution in [0.4, 0.5) is 5.69 Å². The van der Waals surface area contributed by atoms with E-state index in [2.05, 4.69) is 35.2 Å². The van der Waals surface area contributed by atoms with Gasteiger partial charge >= 0.3 is 0 Å². The number of carbonyl (C=O) groups excluding carboxylic acids is 2. The highest BCUT2D eigenvalue weighted by Crippen LogP contribution is 2.28. The third kappa shape index (κ3) is 4.51. The van der Waals surface area contributed by atoms with Gasteiger partial charge in [0.2, 0.25) is 5.91 Å². The SMILES string of the molecule is CN1CC(=O)N(CCC2CCN(Cc3ccccc3)CC2)c2ccccc2C1=O. The number of hydrogen-bond donors (Lipinski definition) is 0. The van der Waals surface area contributed by atoms with Crippen molar-refractivity contribution >= 4 is 17.5 Å². The standard InChI is InChI=1S/C24H29N3O2/c1-25-18-23(28)27(22-10-6-5-9-21(22)24(25)29)16-13-19-11-14-26(15-12-19)17-20-7-3-2-4-8-20/h2-10,19H,11-18H2,1H3. The molecule has 29 heavy (non-hydrogen) atoms. The third-order valence-electron chi connectivity index (χ3n) is 6.16. The Kier molecular flexibility index (Phi) is 5.95. The molecule has 0 atom stereocenters. The first-order valence-corrected chi connectivity index (χ1v) is 10.5. The van der Waals surface area contributed by atoms with Crippen molar-refractivity contribution < 1.29 is 9.59 Å². The number of para-hydroxylation sites is 1. The number of fused-ring (bicyclic) bond motifs is 1. The van der Waals surface area contributed by atoms with Gasteiger partial charge < -0.3 is 9.80 Å². The van der Waals surface area contributed by atoms with Crippen molar-refractivity contribution in [1.82, 2.24) is 9.80 Å². The highest BCUT2D eigenvalue weighted by molar-refractivity contribution is 6.09. The van der Waals surface area contributed by atoms with Gasteiger partial charge in [0.1, 0.15) is 6.54 Å². The molecule has 2 aliphatic heterocycles. The average Bonchev–Trinajstić information content (AvgIpc) is 2.83. The predicted octanol–water partition coefficient (Wildman–Crippen LogP) is 3.41. The summed E-state index contributed by atoms with van der Waals surface area (Å²) in [5.74, 6) is 0.552. The molecule has 1 saturated heterocycles. The lowest BCUT2D eigenvalue weighted by atomic mass is 9.93. The first-order valence-electron chi connectivity index (χ1n) is 10.5. The van der Waals surface area contributed by atoms with Crippen LogP contribution in [0.5, 0.6) is 0 Å². The Balaban J connectivity index is 1.35. The highest BCUT2D eigenvalue weighted by atomic mass is 16.2. The summed E-state index contributed by atoms with van der Waals surface area (Å²) in [6.45, 7) is 4.04. The van der Waals surface area contributed by atoms with Crippen LogP contribution >= 0.6 is 0 Å². The Hall–Kier alpha value is -2.66. The van der Waals surface area contributed by atoms with Gasteiger partial charge in [0, 0.05) is 20.1 Å². The fourth-order valence-electron chi connectivity index (χ4n) is 4.42. The lowest BCUT2D eigenvalue weighted by Crippen LogP contribution is -2.39. The molecule has 2 aromatic rings. The lowest BCUT2D eigenvalue weighted by molar-refractivity contribution is -0.119. The molecule has 2 aromatic carbocycles. The first kappa shape index (κ1) is 19.6. The van der Waals surface area contributed by atoms with E-state index in [9.17, 15) is 9.59 Å². The Bertz CT molecular complexity index is 859.